The van der Waals surface area contributed by atoms with Gasteiger partial charge in [0.2, 0.25) is 5.91 Å². The molecule has 6 heteroatoms. The van der Waals surface area contributed by atoms with E-state index in [4.69, 9.17) is 0 Å². The van der Waals surface area contributed by atoms with Crippen LogP contribution in [0.3, 0.4) is 0 Å². The van der Waals surface area contributed by atoms with Crippen LogP contribution in [-0.2, 0) is 17.8 Å². The van der Waals surface area contributed by atoms with Gasteiger partial charge in [-0.3, -0.25) is 9.48 Å². The number of aryl methyl sites for hydroxylation is 3. The van der Waals surface area contributed by atoms with Gasteiger partial charge in [0.05, 0.1) is 22.3 Å². The van der Waals surface area contributed by atoms with Crippen LogP contribution >= 0.6 is 11.3 Å². The predicted molar refractivity (Wildman–Crippen MR) is 108 cm³/mol. The van der Waals surface area contributed by atoms with Crippen LogP contribution in [0.25, 0.3) is 10.2 Å². The summed E-state index contributed by atoms with van der Waals surface area (Å²) in [6.45, 7) is 13.3. The summed E-state index contributed by atoms with van der Waals surface area (Å²) in [5.41, 5.74) is 6.32. The molecule has 0 atom stereocenters. The number of anilines is 1. The van der Waals surface area contributed by atoms with Gasteiger partial charge in [0.1, 0.15) is 0 Å². The van der Waals surface area contributed by atoms with Crippen molar-refractivity contribution in [1.29, 1.82) is 0 Å². The van der Waals surface area contributed by atoms with E-state index in [-0.39, 0.29) is 5.91 Å². The quantitative estimate of drug-likeness (QED) is 0.716. The van der Waals surface area contributed by atoms with Gasteiger partial charge >= 0.3 is 0 Å². The number of aromatic nitrogens is 3. The fourth-order valence-electron chi connectivity index (χ4n) is 3.26. The van der Waals surface area contributed by atoms with Crippen LogP contribution in [0.5, 0.6) is 0 Å². The number of nitrogens with one attached hydrogen (secondary N) is 1. The topological polar surface area (TPSA) is 59.8 Å². The van der Waals surface area contributed by atoms with Gasteiger partial charge in [0.15, 0.2) is 5.13 Å². The van der Waals surface area contributed by atoms with E-state index in [0.717, 1.165) is 39.3 Å². The zero-order valence-corrected chi connectivity index (χ0v) is 17.1. The number of hydrogen-bond donors (Lipinski definition) is 1. The van der Waals surface area contributed by atoms with Gasteiger partial charge in [0.25, 0.3) is 0 Å². The van der Waals surface area contributed by atoms with E-state index in [0.29, 0.717) is 17.5 Å². The van der Waals surface area contributed by atoms with E-state index < -0.39 is 0 Å². The lowest BCUT2D eigenvalue weighted by Gasteiger charge is -2.08. The van der Waals surface area contributed by atoms with Crippen molar-refractivity contribution in [2.45, 2.75) is 54.5 Å². The summed E-state index contributed by atoms with van der Waals surface area (Å²) in [7, 11) is 0. The molecule has 0 saturated heterocycles. The van der Waals surface area contributed by atoms with Crippen molar-refractivity contribution in [2.24, 2.45) is 5.92 Å². The molecule has 2 aromatic heterocycles. The van der Waals surface area contributed by atoms with E-state index in [1.54, 1.807) is 0 Å². The third-order valence-electron chi connectivity index (χ3n) is 4.48. The van der Waals surface area contributed by atoms with E-state index in [1.165, 1.54) is 16.9 Å². The van der Waals surface area contributed by atoms with Crippen molar-refractivity contribution in [3.8, 4) is 0 Å². The van der Waals surface area contributed by atoms with E-state index in [1.807, 2.05) is 18.5 Å². The summed E-state index contributed by atoms with van der Waals surface area (Å²) >= 11 is 1.52. The first kappa shape index (κ1) is 18.6. The van der Waals surface area contributed by atoms with Gasteiger partial charge in [-0.05, 0) is 50.8 Å². The number of carbonyl (C=O) groups excluding carboxylic acids is 1. The molecule has 0 radical (unpaired) electrons. The Balaban J connectivity index is 1.77. The van der Waals surface area contributed by atoms with Crippen LogP contribution in [0.1, 0.15) is 41.9 Å². The number of amides is 1. The second-order valence-corrected chi connectivity index (χ2v) is 8.43. The molecule has 3 aromatic rings. The Kier molecular flexibility index (Phi) is 5.14. The molecular formula is C20H26N4OS. The minimum atomic E-state index is -0.0475. The molecule has 0 aliphatic carbocycles. The van der Waals surface area contributed by atoms with Crippen LogP contribution in [-0.4, -0.2) is 20.7 Å². The molecule has 1 amide bonds. The predicted octanol–water partition coefficient (Wildman–Crippen LogP) is 4.56. The highest BCUT2D eigenvalue weighted by Crippen LogP contribution is 2.29. The molecule has 0 spiro atoms. The maximum atomic E-state index is 12.6. The fourth-order valence-corrected chi connectivity index (χ4v) is 4.32. The SMILES string of the molecule is Cc1cc(C)c2nc(NC(=O)Cc3c(C)nn(CC(C)C)c3C)sc2c1. The lowest BCUT2D eigenvalue weighted by atomic mass is 10.1. The van der Waals surface area contributed by atoms with Crippen molar-refractivity contribution in [2.75, 3.05) is 5.32 Å². The highest BCUT2D eigenvalue weighted by Gasteiger charge is 2.17. The molecule has 2 heterocycles. The van der Waals surface area contributed by atoms with E-state index >= 15 is 0 Å². The van der Waals surface area contributed by atoms with Crippen LogP contribution in [0.15, 0.2) is 12.1 Å². The summed E-state index contributed by atoms with van der Waals surface area (Å²) < 4.78 is 3.11. The number of hydrogen-bond acceptors (Lipinski definition) is 4. The third-order valence-corrected chi connectivity index (χ3v) is 5.40. The van der Waals surface area contributed by atoms with Crippen LogP contribution < -0.4 is 5.32 Å². The minimum absolute atomic E-state index is 0.0475. The lowest BCUT2D eigenvalue weighted by molar-refractivity contribution is -0.115. The number of fused-ring (bicyclic) bond motifs is 1. The zero-order chi connectivity index (χ0) is 19.0. The van der Waals surface area contributed by atoms with Gasteiger partial charge in [-0.1, -0.05) is 31.3 Å². The summed E-state index contributed by atoms with van der Waals surface area (Å²) in [5.74, 6) is 0.470. The van der Waals surface area contributed by atoms with Gasteiger partial charge < -0.3 is 5.32 Å². The zero-order valence-electron chi connectivity index (χ0n) is 16.3. The molecule has 3 rings (SSSR count). The Morgan fingerprint density at radius 3 is 2.65 bits per heavy atom. The van der Waals surface area contributed by atoms with Crippen molar-refractivity contribution in [3.63, 3.8) is 0 Å². The first-order chi connectivity index (χ1) is 12.2. The molecular weight excluding hydrogens is 344 g/mol. The van der Waals surface area contributed by atoms with Gasteiger partial charge in [0, 0.05) is 17.8 Å². The molecule has 0 saturated carbocycles. The first-order valence-electron chi connectivity index (χ1n) is 8.95. The lowest BCUT2D eigenvalue weighted by Crippen LogP contribution is -2.15. The Labute approximate surface area is 158 Å². The smallest absolute Gasteiger partial charge is 0.230 e. The molecule has 26 heavy (non-hydrogen) atoms. The van der Waals surface area contributed by atoms with Crippen LogP contribution in [0.2, 0.25) is 0 Å². The summed E-state index contributed by atoms with van der Waals surface area (Å²) in [6.07, 6.45) is 0.323. The molecule has 5 nitrogen and oxygen atoms in total. The minimum Gasteiger partial charge on any atom is -0.302 e. The van der Waals surface area contributed by atoms with Crippen molar-refractivity contribution < 1.29 is 4.79 Å². The number of nitrogens with zero attached hydrogens (tertiary/aromatic N) is 3. The van der Waals surface area contributed by atoms with Gasteiger partial charge in [-0.25, -0.2) is 4.98 Å². The highest BCUT2D eigenvalue weighted by atomic mass is 32.1. The maximum absolute atomic E-state index is 12.6. The fraction of sp³-hybridized carbons (Fsp3) is 0.450. The van der Waals surface area contributed by atoms with Crippen LogP contribution in [0, 0.1) is 33.6 Å². The second kappa shape index (κ2) is 7.19. The standard InChI is InChI=1S/C20H26N4OS/c1-11(2)10-24-15(6)16(14(5)23-24)9-18(25)21-20-22-19-13(4)7-12(3)8-17(19)26-20/h7-8,11H,9-10H2,1-6H3,(H,21,22,25). The number of carbonyl (C=O) groups is 1. The summed E-state index contributed by atoms with van der Waals surface area (Å²) in [4.78, 5) is 17.2. The number of rotatable bonds is 5. The molecule has 0 bridgehead atoms. The Bertz CT molecular complexity index is 968. The van der Waals surface area contributed by atoms with Crippen molar-refractivity contribution in [1.82, 2.24) is 14.8 Å². The number of benzene rings is 1. The second-order valence-electron chi connectivity index (χ2n) is 7.40. The molecule has 1 N–H and O–H groups in total. The normalized spacial score (nSPS) is 11.5. The maximum Gasteiger partial charge on any atom is 0.230 e. The average molecular weight is 371 g/mol. The molecule has 0 aliphatic rings. The monoisotopic (exact) mass is 370 g/mol. The molecule has 0 aliphatic heterocycles. The van der Waals surface area contributed by atoms with Crippen molar-refractivity contribution >= 4 is 32.6 Å². The summed E-state index contributed by atoms with van der Waals surface area (Å²) in [5, 5.41) is 8.21. The number of thiazole rings is 1. The third kappa shape index (κ3) is 3.80. The largest absolute Gasteiger partial charge is 0.302 e. The van der Waals surface area contributed by atoms with E-state index in [9.17, 15) is 4.79 Å². The first-order valence-corrected chi connectivity index (χ1v) is 9.76. The molecule has 1 aromatic carbocycles. The molecule has 0 unspecified atom stereocenters. The van der Waals surface area contributed by atoms with Crippen molar-refractivity contribution in [3.05, 3.63) is 40.2 Å². The molecule has 138 valence electrons. The Morgan fingerprint density at radius 1 is 1.23 bits per heavy atom. The average Bonchev–Trinajstić information content (AvgIpc) is 3.03. The van der Waals surface area contributed by atoms with Gasteiger partial charge in [-0.15, -0.1) is 0 Å². The van der Waals surface area contributed by atoms with Crippen LogP contribution in [0.4, 0.5) is 5.13 Å². The Morgan fingerprint density at radius 2 is 1.96 bits per heavy atom. The summed E-state index contributed by atoms with van der Waals surface area (Å²) in [6, 6.07) is 4.23. The Hall–Kier alpha value is -2.21. The van der Waals surface area contributed by atoms with E-state index in [2.05, 4.69) is 55.2 Å². The van der Waals surface area contributed by atoms with Gasteiger partial charge in [-0.2, -0.15) is 5.10 Å². The highest BCUT2D eigenvalue weighted by molar-refractivity contribution is 7.22. The molecule has 0 fully saturated rings.